The molecule has 2 N–H and O–H groups in total. The smallest absolute Gasteiger partial charge is 0.169 e. The first-order valence-corrected chi connectivity index (χ1v) is 25.6. The molecule has 2 aromatic carbocycles. The molecule has 10 nitrogen and oxygen atoms in total. The van der Waals surface area contributed by atoms with Gasteiger partial charge in [-0.3, -0.25) is 14.5 Å². The number of carbonyl (C=O) groups is 2. The summed E-state index contributed by atoms with van der Waals surface area (Å²) < 4.78 is 24.5. The molecule has 12 rings (SSSR count). The summed E-state index contributed by atoms with van der Waals surface area (Å²) in [6, 6.07) is 8.39. The zero-order valence-electron chi connectivity index (χ0n) is 33.1. The van der Waals surface area contributed by atoms with E-state index >= 15 is 0 Å². The number of likely N-dealkylation sites (N-methyl/N-ethyl adjacent to an activating group) is 2. The molecule has 13 heteroatoms. The number of hydrogen-bond donors (Lipinski definition) is 2. The fraction of sp³-hybridized carbons (Fsp3) is 0.500. The first kappa shape index (κ1) is 42.9. The maximum atomic E-state index is 12.7. The van der Waals surface area contributed by atoms with Gasteiger partial charge in [0.15, 0.2) is 34.9 Å². The number of nitrogens with zero attached hydrogens (tertiary/aromatic N) is 2. The van der Waals surface area contributed by atoms with Gasteiger partial charge in [-0.05, 0) is 114 Å². The highest BCUT2D eigenvalue weighted by Crippen LogP contribution is 2.74. The summed E-state index contributed by atoms with van der Waals surface area (Å²) in [6.07, 6.45) is 14.2. The summed E-state index contributed by atoms with van der Waals surface area (Å²) in [5.74, 6) is 2.55. The molecule has 2 saturated heterocycles. The minimum Gasteiger partial charge on any atom is -0.504 e. The Morgan fingerprint density at radius 1 is 0.912 bits per heavy atom. The largest absolute Gasteiger partial charge is 0.504 e. The molecule has 0 aromatic heterocycles. The first-order chi connectivity index (χ1) is 26.8. The number of halogens is 3. The van der Waals surface area contributed by atoms with Gasteiger partial charge in [-0.1, -0.05) is 36.9 Å². The number of fused-ring (bicyclic) bond motifs is 1. The second-order valence-corrected chi connectivity index (χ2v) is 16.7. The van der Waals surface area contributed by atoms with Gasteiger partial charge in [-0.2, -0.15) is 0 Å². The summed E-state index contributed by atoms with van der Waals surface area (Å²) >= 11 is 4.24. The van der Waals surface area contributed by atoms with Crippen molar-refractivity contribution in [3.8, 4) is 23.0 Å². The highest BCUT2D eigenvalue weighted by molar-refractivity contribution is 15.0. The van der Waals surface area contributed by atoms with Gasteiger partial charge in [0.25, 0.3) is 0 Å². The van der Waals surface area contributed by atoms with E-state index in [0.717, 1.165) is 51.0 Å². The molecule has 10 aliphatic rings. The van der Waals surface area contributed by atoms with Gasteiger partial charge in [-0.15, -0.1) is 24.0 Å². The predicted octanol–water partition coefficient (Wildman–Crippen LogP) is 7.47. The number of carbonyl (C=O) groups excluding carboxylic acids is 2. The zero-order chi connectivity index (χ0) is 40.1. The molecule has 306 valence electrons. The van der Waals surface area contributed by atoms with E-state index in [1.54, 1.807) is 33.3 Å². The number of rotatable bonds is 4. The van der Waals surface area contributed by atoms with Crippen molar-refractivity contribution in [1.82, 2.24) is 9.80 Å². The molecule has 2 aromatic rings. The fourth-order valence-corrected chi connectivity index (χ4v) is 12.5. The van der Waals surface area contributed by atoms with Crippen molar-refractivity contribution in [3.63, 3.8) is 0 Å². The number of methoxy groups -OCH3 is 2. The number of phenolic OH excluding ortho intramolecular Hbond substituents is 2. The van der Waals surface area contributed by atoms with Crippen molar-refractivity contribution < 1.29 is 38.7 Å². The van der Waals surface area contributed by atoms with Gasteiger partial charge in [0.2, 0.25) is 0 Å². The fourth-order valence-electron chi connectivity index (χ4n) is 12.5. The molecule has 0 amide bonds. The van der Waals surface area contributed by atoms with Crippen LogP contribution < -0.4 is 9.47 Å². The van der Waals surface area contributed by atoms with Gasteiger partial charge >= 0.3 is 0 Å². The van der Waals surface area contributed by atoms with Crippen LogP contribution in [-0.4, -0.2) is 103 Å². The average molecular weight is 1120 g/mol. The van der Waals surface area contributed by atoms with Crippen molar-refractivity contribution >= 4 is 72.8 Å². The monoisotopic (exact) mass is 1120 g/mol. The van der Waals surface area contributed by atoms with Crippen LogP contribution in [0.1, 0.15) is 55.4 Å². The lowest BCUT2D eigenvalue weighted by Gasteiger charge is -2.70. The molecule has 57 heavy (non-hydrogen) atoms. The third kappa shape index (κ3) is 5.59. The first-order valence-electron chi connectivity index (χ1n) is 19.3. The molecule has 9 atom stereocenters. The van der Waals surface area contributed by atoms with E-state index in [4.69, 9.17) is 18.9 Å². The maximum Gasteiger partial charge on any atom is 0.169 e. The second-order valence-electron chi connectivity index (χ2n) is 16.7. The number of ketones is 2. The molecule has 3 spiro atoms. The summed E-state index contributed by atoms with van der Waals surface area (Å²) in [7, 11) is 7.79. The number of Topliss-reactive ketones (excluding diaryl/α,β-unsaturated/α-hetero) is 1. The van der Waals surface area contributed by atoms with Crippen LogP contribution in [-0.2, 0) is 42.7 Å². The Morgan fingerprint density at radius 3 is 2.16 bits per heavy atom. The van der Waals surface area contributed by atoms with Gasteiger partial charge in [0, 0.05) is 73.0 Å². The quantitative estimate of drug-likeness (QED) is 0.182. The van der Waals surface area contributed by atoms with E-state index in [0.29, 0.717) is 23.6 Å². The SMILES string of the molecule is C=CC(C)=O.COC12C=CC3(CC1C(C)=O)C1Cc4ccc(O)c5c4C3(CCN1C)C2O5.COC1=CC=C2C3Cc4ccc(O)c5c4C2(CCN3C)C1O5.I.II. The molecular weight excluding hydrogens is 1070 g/mol. The number of hydrogen-bond acceptors (Lipinski definition) is 10. The minimum absolute atomic E-state index is 0. The molecule has 6 aliphatic carbocycles. The summed E-state index contributed by atoms with van der Waals surface area (Å²) in [4.78, 5) is 27.3. The lowest BCUT2D eigenvalue weighted by molar-refractivity contribution is -0.212. The molecule has 1 saturated carbocycles. The van der Waals surface area contributed by atoms with E-state index in [9.17, 15) is 19.8 Å². The topological polar surface area (TPSA) is 118 Å². The van der Waals surface area contributed by atoms with E-state index in [2.05, 4.69) is 98.1 Å². The number of benzene rings is 2. The van der Waals surface area contributed by atoms with Crippen molar-refractivity contribution in [2.45, 2.75) is 86.7 Å². The van der Waals surface area contributed by atoms with E-state index < -0.39 is 5.60 Å². The summed E-state index contributed by atoms with van der Waals surface area (Å²) in [5, 5.41) is 20.9. The van der Waals surface area contributed by atoms with Crippen molar-refractivity contribution in [1.29, 1.82) is 0 Å². The van der Waals surface area contributed by atoms with Crippen LogP contribution in [0.4, 0.5) is 0 Å². The van der Waals surface area contributed by atoms with Gasteiger partial charge < -0.3 is 34.1 Å². The predicted molar refractivity (Wildman–Crippen MR) is 245 cm³/mol. The van der Waals surface area contributed by atoms with Crippen LogP contribution in [0.2, 0.25) is 0 Å². The molecule has 0 radical (unpaired) electrons. The van der Waals surface area contributed by atoms with Crippen LogP contribution in [0, 0.1) is 11.3 Å². The number of piperidine rings is 2. The summed E-state index contributed by atoms with van der Waals surface area (Å²) in [5.41, 5.74) is 5.08. The Morgan fingerprint density at radius 2 is 1.54 bits per heavy atom. The Labute approximate surface area is 375 Å². The second kappa shape index (κ2) is 15.4. The normalized spacial score (nSPS) is 35.5. The highest BCUT2D eigenvalue weighted by Gasteiger charge is 2.79. The van der Waals surface area contributed by atoms with Crippen LogP contribution in [0.25, 0.3) is 0 Å². The Kier molecular flexibility index (Phi) is 11.6. The molecule has 3 fully saturated rings. The molecule has 6 bridgehead atoms. The van der Waals surface area contributed by atoms with Crippen molar-refractivity contribution in [2.75, 3.05) is 41.4 Å². The minimum atomic E-state index is -0.770. The lowest BCUT2D eigenvalue weighted by atomic mass is 9.37. The van der Waals surface area contributed by atoms with Crippen LogP contribution in [0.3, 0.4) is 0 Å². The lowest BCUT2D eigenvalue weighted by Crippen LogP contribution is -2.79. The number of likely N-dealkylation sites (tertiary alicyclic amines) is 2. The molecule has 9 unspecified atom stereocenters. The summed E-state index contributed by atoms with van der Waals surface area (Å²) in [6.45, 7) is 8.37. The Balaban J connectivity index is 0.000000150. The number of phenols is 2. The Hall–Kier alpha value is -2.19. The molecule has 4 aliphatic heterocycles. The third-order valence-corrected chi connectivity index (χ3v) is 14.8. The van der Waals surface area contributed by atoms with Crippen molar-refractivity contribution in [2.24, 2.45) is 11.3 Å². The van der Waals surface area contributed by atoms with Gasteiger partial charge in [0.1, 0.15) is 23.2 Å². The standard InChI is InChI=1S/C22H25NO4.C18H19NO3.C4H6O.I2.HI/c1-12(24)14-11-20-6-7-22(14,26-3)19-21(20)8-9-23(2)16(20)10-13-4-5-15(25)18(27-19)17(13)21;1-19-8-7-18-11-4-6-14(21-2)17(18)22-16-13(20)5-3-10(15(16)18)9-12(11)19;1-3-4(2)5;1-2;/h4-7,14,16,19,25H,8-11H2,1-3H3;3-6,12,17,20H,7-9H2,1-2H3;3H,1H2,2H3;;1H. The number of allylic oxidation sites excluding steroid dienone is 3. The van der Waals surface area contributed by atoms with E-state index in [-0.39, 0.29) is 81.4 Å². The van der Waals surface area contributed by atoms with Gasteiger partial charge in [0.05, 0.1) is 23.9 Å². The number of ether oxygens (including phenoxy) is 4. The maximum absolute atomic E-state index is 12.7. The van der Waals surface area contributed by atoms with Crippen LogP contribution in [0.15, 0.2) is 72.6 Å². The van der Waals surface area contributed by atoms with Crippen LogP contribution >= 0.6 is 61.2 Å². The average Bonchev–Trinajstić information content (AvgIpc) is 3.76. The third-order valence-electron chi connectivity index (χ3n) is 14.8. The van der Waals surface area contributed by atoms with E-state index in [1.807, 2.05) is 6.08 Å². The molecular formula is C44H51I3N2O8. The van der Waals surface area contributed by atoms with Gasteiger partial charge in [-0.25, -0.2) is 0 Å². The molecule has 4 heterocycles. The number of aromatic hydroxyl groups is 2. The highest BCUT2D eigenvalue weighted by atomic mass is 128. The van der Waals surface area contributed by atoms with E-state index in [1.165, 1.54) is 40.8 Å². The zero-order valence-corrected chi connectivity index (χ0v) is 39.8. The van der Waals surface area contributed by atoms with Crippen LogP contribution in [0.5, 0.6) is 23.0 Å². The van der Waals surface area contributed by atoms with Crippen molar-refractivity contribution in [3.05, 3.63) is 94.8 Å². The Bertz CT molecular complexity index is 2120.